The summed E-state index contributed by atoms with van der Waals surface area (Å²) in [7, 11) is 4.89. The number of hydrogen-bond donors (Lipinski definition) is 0. The van der Waals surface area contributed by atoms with E-state index in [0.717, 1.165) is 18.0 Å². The van der Waals surface area contributed by atoms with Crippen molar-refractivity contribution in [2.24, 2.45) is 0 Å². The second kappa shape index (κ2) is 4.61. The molecule has 1 saturated heterocycles. The van der Waals surface area contributed by atoms with Crippen molar-refractivity contribution in [3.8, 4) is 17.2 Å². The van der Waals surface area contributed by atoms with Crippen molar-refractivity contribution in [3.05, 3.63) is 17.7 Å². The van der Waals surface area contributed by atoms with Crippen molar-refractivity contribution in [3.63, 3.8) is 0 Å². The van der Waals surface area contributed by atoms with Gasteiger partial charge in [-0.15, -0.1) is 0 Å². The Morgan fingerprint density at radius 3 is 1.94 bits per heavy atom. The zero-order valence-electron chi connectivity index (χ0n) is 9.95. The van der Waals surface area contributed by atoms with Gasteiger partial charge in [0.25, 0.3) is 0 Å². The standard InChI is InChI=1S/C12H17NO3/c1-14-10-6-9(8-13-4-5-13)7-11(15-2)12(10)16-3/h6-7H,4-5,8H2,1-3H3. The van der Waals surface area contributed by atoms with Crippen molar-refractivity contribution in [2.45, 2.75) is 6.54 Å². The molecule has 0 atom stereocenters. The Hall–Kier alpha value is -1.42. The highest BCUT2D eigenvalue weighted by Gasteiger charge is 2.19. The van der Waals surface area contributed by atoms with Crippen LogP contribution in [0.5, 0.6) is 17.2 Å². The average molecular weight is 223 g/mol. The third-order valence-corrected chi connectivity index (χ3v) is 2.67. The SMILES string of the molecule is COc1cc(CN2CC2)cc(OC)c1OC. The largest absolute Gasteiger partial charge is 0.493 e. The van der Waals surface area contributed by atoms with Gasteiger partial charge in [-0.25, -0.2) is 0 Å². The highest BCUT2D eigenvalue weighted by atomic mass is 16.5. The molecular formula is C12H17NO3. The number of rotatable bonds is 5. The fourth-order valence-electron chi connectivity index (χ4n) is 1.71. The van der Waals surface area contributed by atoms with Crippen molar-refractivity contribution >= 4 is 0 Å². The van der Waals surface area contributed by atoms with Gasteiger partial charge in [-0.1, -0.05) is 0 Å². The molecule has 1 heterocycles. The van der Waals surface area contributed by atoms with Gasteiger partial charge in [-0.05, 0) is 17.7 Å². The number of hydrogen-bond acceptors (Lipinski definition) is 4. The first kappa shape index (κ1) is 11.1. The maximum absolute atomic E-state index is 5.30. The molecule has 0 aliphatic carbocycles. The molecule has 1 aromatic rings. The van der Waals surface area contributed by atoms with Crippen LogP contribution in [-0.2, 0) is 6.54 Å². The lowest BCUT2D eigenvalue weighted by atomic mass is 10.2. The van der Waals surface area contributed by atoms with E-state index in [9.17, 15) is 0 Å². The van der Waals surface area contributed by atoms with Crippen LogP contribution in [0.4, 0.5) is 0 Å². The molecule has 0 bridgehead atoms. The monoisotopic (exact) mass is 223 g/mol. The Bertz CT molecular complexity index is 350. The van der Waals surface area contributed by atoms with Gasteiger partial charge in [-0.2, -0.15) is 0 Å². The molecule has 4 nitrogen and oxygen atoms in total. The van der Waals surface area contributed by atoms with Gasteiger partial charge < -0.3 is 14.2 Å². The van der Waals surface area contributed by atoms with E-state index >= 15 is 0 Å². The van der Waals surface area contributed by atoms with Crippen LogP contribution in [0, 0.1) is 0 Å². The van der Waals surface area contributed by atoms with Crippen LogP contribution >= 0.6 is 0 Å². The molecule has 0 unspecified atom stereocenters. The Morgan fingerprint density at radius 1 is 1.00 bits per heavy atom. The second-order valence-electron chi connectivity index (χ2n) is 3.81. The minimum absolute atomic E-state index is 0.652. The van der Waals surface area contributed by atoms with Crippen molar-refractivity contribution in [1.29, 1.82) is 0 Å². The molecule has 1 aliphatic rings. The van der Waals surface area contributed by atoms with Crippen LogP contribution < -0.4 is 14.2 Å². The maximum atomic E-state index is 5.30. The van der Waals surface area contributed by atoms with Crippen LogP contribution in [0.25, 0.3) is 0 Å². The summed E-state index contributed by atoms with van der Waals surface area (Å²) < 4.78 is 15.9. The van der Waals surface area contributed by atoms with E-state index in [0.29, 0.717) is 5.75 Å². The zero-order valence-corrected chi connectivity index (χ0v) is 9.95. The van der Waals surface area contributed by atoms with Gasteiger partial charge in [-0.3, -0.25) is 4.90 Å². The molecule has 0 radical (unpaired) electrons. The molecule has 16 heavy (non-hydrogen) atoms. The maximum Gasteiger partial charge on any atom is 0.203 e. The normalized spacial score (nSPS) is 14.7. The third-order valence-electron chi connectivity index (χ3n) is 2.67. The fraction of sp³-hybridized carbons (Fsp3) is 0.500. The summed E-state index contributed by atoms with van der Waals surface area (Å²) in [6.45, 7) is 3.30. The second-order valence-corrected chi connectivity index (χ2v) is 3.81. The number of methoxy groups -OCH3 is 3. The predicted octanol–water partition coefficient (Wildman–Crippen LogP) is 1.53. The van der Waals surface area contributed by atoms with E-state index in [1.54, 1.807) is 21.3 Å². The summed E-state index contributed by atoms with van der Waals surface area (Å²) in [5, 5.41) is 0. The molecule has 0 spiro atoms. The third kappa shape index (κ3) is 2.22. The van der Waals surface area contributed by atoms with E-state index < -0.39 is 0 Å². The molecule has 0 N–H and O–H groups in total. The Labute approximate surface area is 95.7 Å². The quantitative estimate of drug-likeness (QED) is 0.708. The van der Waals surface area contributed by atoms with Gasteiger partial charge in [0, 0.05) is 19.6 Å². The van der Waals surface area contributed by atoms with Gasteiger partial charge in [0.2, 0.25) is 5.75 Å². The molecule has 4 heteroatoms. The molecule has 1 aliphatic heterocycles. The Balaban J connectivity index is 2.32. The molecule has 0 amide bonds. The van der Waals surface area contributed by atoms with Crippen molar-refractivity contribution in [2.75, 3.05) is 34.4 Å². The van der Waals surface area contributed by atoms with E-state index in [4.69, 9.17) is 14.2 Å². The van der Waals surface area contributed by atoms with Gasteiger partial charge in [0.15, 0.2) is 11.5 Å². The van der Waals surface area contributed by atoms with E-state index in [-0.39, 0.29) is 0 Å². The van der Waals surface area contributed by atoms with Gasteiger partial charge in [0.05, 0.1) is 21.3 Å². The summed E-state index contributed by atoms with van der Waals surface area (Å²) in [5.41, 5.74) is 1.19. The van der Waals surface area contributed by atoms with E-state index in [2.05, 4.69) is 4.90 Å². The number of nitrogens with zero attached hydrogens (tertiary/aromatic N) is 1. The molecule has 1 fully saturated rings. The van der Waals surface area contributed by atoms with E-state index in [1.807, 2.05) is 12.1 Å². The number of benzene rings is 1. The first-order valence-electron chi connectivity index (χ1n) is 5.29. The fourth-order valence-corrected chi connectivity index (χ4v) is 1.71. The molecule has 2 rings (SSSR count). The summed E-state index contributed by atoms with van der Waals surface area (Å²) >= 11 is 0. The first-order valence-corrected chi connectivity index (χ1v) is 5.29. The van der Waals surface area contributed by atoms with Crippen molar-refractivity contribution < 1.29 is 14.2 Å². The topological polar surface area (TPSA) is 30.7 Å². The first-order chi connectivity index (χ1) is 7.78. The summed E-state index contributed by atoms with van der Waals surface area (Å²) in [5.74, 6) is 2.09. The van der Waals surface area contributed by atoms with Crippen molar-refractivity contribution in [1.82, 2.24) is 4.90 Å². The minimum Gasteiger partial charge on any atom is -0.493 e. The Kier molecular flexibility index (Phi) is 3.19. The lowest BCUT2D eigenvalue weighted by Crippen LogP contribution is -2.00. The summed E-state index contributed by atoms with van der Waals surface area (Å²) in [6, 6.07) is 4.00. The molecule has 0 aromatic heterocycles. The van der Waals surface area contributed by atoms with Gasteiger partial charge >= 0.3 is 0 Å². The van der Waals surface area contributed by atoms with Crippen LogP contribution in [0.1, 0.15) is 5.56 Å². The molecule has 0 saturated carbocycles. The minimum atomic E-state index is 0.652. The van der Waals surface area contributed by atoms with Crippen LogP contribution in [0.3, 0.4) is 0 Å². The predicted molar refractivity (Wildman–Crippen MR) is 61.4 cm³/mol. The molecular weight excluding hydrogens is 206 g/mol. The molecule has 1 aromatic carbocycles. The number of ether oxygens (including phenoxy) is 3. The smallest absolute Gasteiger partial charge is 0.203 e. The van der Waals surface area contributed by atoms with Crippen LogP contribution in [-0.4, -0.2) is 39.3 Å². The zero-order chi connectivity index (χ0) is 11.5. The summed E-state index contributed by atoms with van der Waals surface area (Å²) in [6.07, 6.45) is 0. The highest BCUT2D eigenvalue weighted by molar-refractivity contribution is 5.53. The lowest BCUT2D eigenvalue weighted by Gasteiger charge is -2.14. The van der Waals surface area contributed by atoms with Crippen LogP contribution in [0.2, 0.25) is 0 Å². The van der Waals surface area contributed by atoms with E-state index in [1.165, 1.54) is 18.7 Å². The molecule has 88 valence electrons. The average Bonchev–Trinajstić information content (AvgIpc) is 3.11. The summed E-state index contributed by atoms with van der Waals surface area (Å²) in [4.78, 5) is 2.33. The van der Waals surface area contributed by atoms with Gasteiger partial charge in [0.1, 0.15) is 0 Å². The lowest BCUT2D eigenvalue weighted by molar-refractivity contribution is 0.323. The van der Waals surface area contributed by atoms with Crippen LogP contribution in [0.15, 0.2) is 12.1 Å². The Morgan fingerprint density at radius 2 is 1.56 bits per heavy atom. The highest BCUT2D eigenvalue weighted by Crippen LogP contribution is 2.38.